The van der Waals surface area contributed by atoms with Gasteiger partial charge in [-0.15, -0.1) is 0 Å². The zero-order valence-corrected chi connectivity index (χ0v) is 15.3. The molecule has 1 amide bonds. The Hall–Kier alpha value is -0.990. The molecule has 10 heteroatoms. The third-order valence-electron chi connectivity index (χ3n) is 3.30. The van der Waals surface area contributed by atoms with E-state index in [9.17, 15) is 19.0 Å². The summed E-state index contributed by atoms with van der Waals surface area (Å²) in [5.41, 5.74) is 5.35. The highest BCUT2D eigenvalue weighted by Crippen LogP contribution is 2.50. The first-order chi connectivity index (χ1) is 11.2. The zero-order chi connectivity index (χ0) is 18.8. The predicted molar refractivity (Wildman–Crippen MR) is 90.6 cm³/mol. The summed E-state index contributed by atoms with van der Waals surface area (Å²) >= 11 is 0. The third-order valence-corrected chi connectivity index (χ3v) is 5.28. The van der Waals surface area contributed by atoms with E-state index < -0.39 is 37.3 Å². The van der Waals surface area contributed by atoms with Crippen LogP contribution in [-0.4, -0.2) is 54.0 Å². The van der Waals surface area contributed by atoms with E-state index in [1.165, 1.54) is 7.11 Å². The van der Waals surface area contributed by atoms with Crippen LogP contribution < -0.4 is 11.1 Å². The Morgan fingerprint density at radius 1 is 1.33 bits per heavy atom. The fraction of sp³-hybridized carbons (Fsp3) is 0.857. The molecule has 5 N–H and O–H groups in total. The standard InChI is InChI=1S/C14H29N2O7P.H2/c1-10(2)13(16-12(17)7-9-22-3)24(20,21)23-11(14(18)19)6-4-5-8-15;/h10-11,13H,4-9,15H2,1-3H3,(H,16,17)(H,18,19)(H,20,21);1H. The normalized spacial score (nSPS) is 16.4. The van der Waals surface area contributed by atoms with Crippen molar-refractivity contribution in [1.29, 1.82) is 0 Å². The molecular weight excluding hydrogens is 339 g/mol. The Bertz CT molecular complexity index is 451. The predicted octanol–water partition coefficient (Wildman–Crippen LogP) is 1.15. The van der Waals surface area contributed by atoms with Crippen molar-refractivity contribution in [1.82, 2.24) is 5.32 Å². The number of carbonyl (C=O) groups is 2. The second-order valence-corrected chi connectivity index (χ2v) is 7.68. The first-order valence-corrected chi connectivity index (χ1v) is 9.52. The van der Waals surface area contributed by atoms with Crippen LogP contribution in [0.2, 0.25) is 0 Å². The van der Waals surface area contributed by atoms with Gasteiger partial charge in [-0.3, -0.25) is 13.9 Å². The van der Waals surface area contributed by atoms with Crippen molar-refractivity contribution in [2.45, 2.75) is 51.4 Å². The largest absolute Gasteiger partial charge is 0.479 e. The molecule has 0 spiro atoms. The van der Waals surface area contributed by atoms with Crippen LogP contribution in [0.5, 0.6) is 0 Å². The molecule has 3 atom stereocenters. The highest BCUT2D eigenvalue weighted by atomic mass is 31.2. The summed E-state index contributed by atoms with van der Waals surface area (Å²) in [4.78, 5) is 33.2. The smallest absolute Gasteiger partial charge is 0.351 e. The molecule has 3 unspecified atom stereocenters. The molecule has 0 radical (unpaired) electrons. The number of carboxylic acids is 1. The van der Waals surface area contributed by atoms with E-state index in [0.717, 1.165) is 0 Å². The maximum Gasteiger partial charge on any atom is 0.351 e. The molecule has 0 aliphatic heterocycles. The van der Waals surface area contributed by atoms with Crippen LogP contribution in [-0.2, 0) is 23.4 Å². The van der Waals surface area contributed by atoms with Crippen LogP contribution in [0.1, 0.15) is 41.0 Å². The number of nitrogens with two attached hydrogens (primary N) is 1. The fourth-order valence-corrected chi connectivity index (χ4v) is 3.75. The van der Waals surface area contributed by atoms with Crippen LogP contribution in [0.4, 0.5) is 0 Å². The molecule has 9 nitrogen and oxygen atoms in total. The number of rotatable bonds is 13. The molecular formula is C14H31N2O7P. The van der Waals surface area contributed by atoms with E-state index in [1.807, 2.05) is 0 Å². The minimum absolute atomic E-state index is 0. The first-order valence-electron chi connectivity index (χ1n) is 7.87. The number of amides is 1. The van der Waals surface area contributed by atoms with Crippen molar-refractivity contribution < 1.29 is 34.8 Å². The summed E-state index contributed by atoms with van der Waals surface area (Å²) in [7, 11) is -2.95. The average Bonchev–Trinajstić information content (AvgIpc) is 2.49. The first kappa shape index (κ1) is 23.0. The van der Waals surface area contributed by atoms with Gasteiger partial charge in [0.05, 0.1) is 6.61 Å². The van der Waals surface area contributed by atoms with Gasteiger partial charge in [-0.25, -0.2) is 4.79 Å². The lowest BCUT2D eigenvalue weighted by Crippen LogP contribution is -2.40. The second kappa shape index (κ2) is 11.5. The van der Waals surface area contributed by atoms with Gasteiger partial charge in [0.15, 0.2) is 6.10 Å². The molecule has 0 aromatic heterocycles. The number of unbranched alkanes of at least 4 members (excludes halogenated alkanes) is 1. The highest BCUT2D eigenvalue weighted by molar-refractivity contribution is 7.53. The summed E-state index contributed by atoms with van der Waals surface area (Å²) in [6, 6.07) is 0. The second-order valence-electron chi connectivity index (χ2n) is 5.78. The Morgan fingerprint density at radius 3 is 2.42 bits per heavy atom. The molecule has 24 heavy (non-hydrogen) atoms. The summed E-state index contributed by atoms with van der Waals surface area (Å²) in [6.45, 7) is 3.84. The maximum atomic E-state index is 12.5. The van der Waals surface area contributed by atoms with Crippen molar-refractivity contribution in [3.63, 3.8) is 0 Å². The Morgan fingerprint density at radius 2 is 1.96 bits per heavy atom. The van der Waals surface area contributed by atoms with E-state index in [1.54, 1.807) is 13.8 Å². The number of hydrogen-bond donors (Lipinski definition) is 4. The van der Waals surface area contributed by atoms with Crippen LogP contribution >= 0.6 is 7.60 Å². The number of aliphatic carboxylic acids is 1. The number of methoxy groups -OCH3 is 1. The minimum Gasteiger partial charge on any atom is -0.479 e. The Labute approximate surface area is 143 Å². The van der Waals surface area contributed by atoms with E-state index in [-0.39, 0.29) is 20.9 Å². The molecule has 0 saturated carbocycles. The van der Waals surface area contributed by atoms with Crippen LogP contribution in [0.3, 0.4) is 0 Å². The molecule has 0 aromatic carbocycles. The molecule has 0 aliphatic rings. The minimum atomic E-state index is -4.39. The van der Waals surface area contributed by atoms with E-state index in [0.29, 0.717) is 19.4 Å². The van der Waals surface area contributed by atoms with Crippen molar-refractivity contribution in [3.05, 3.63) is 0 Å². The van der Waals surface area contributed by atoms with Gasteiger partial charge in [0.2, 0.25) is 5.91 Å². The van der Waals surface area contributed by atoms with Crippen molar-refractivity contribution >= 4 is 19.5 Å². The number of hydrogen-bond acceptors (Lipinski definition) is 6. The van der Waals surface area contributed by atoms with Crippen molar-refractivity contribution in [2.24, 2.45) is 11.7 Å². The van der Waals surface area contributed by atoms with E-state index >= 15 is 0 Å². The van der Waals surface area contributed by atoms with Gasteiger partial charge in [0, 0.05) is 15.0 Å². The monoisotopic (exact) mass is 370 g/mol. The molecule has 0 rings (SSSR count). The molecule has 0 bridgehead atoms. The summed E-state index contributed by atoms with van der Waals surface area (Å²) in [6.07, 6.45) is -0.285. The van der Waals surface area contributed by atoms with Gasteiger partial charge < -0.3 is 25.8 Å². The Balaban J connectivity index is 0. The lowest BCUT2D eigenvalue weighted by atomic mass is 10.1. The maximum absolute atomic E-state index is 12.5. The summed E-state index contributed by atoms with van der Waals surface area (Å²) in [5.74, 6) is -3.41. The van der Waals surface area contributed by atoms with Gasteiger partial charge in [-0.05, 0) is 31.7 Å². The lowest BCUT2D eigenvalue weighted by molar-refractivity contribution is -0.145. The fourth-order valence-electron chi connectivity index (χ4n) is 2.00. The van der Waals surface area contributed by atoms with Crippen LogP contribution in [0.15, 0.2) is 0 Å². The van der Waals surface area contributed by atoms with Crippen LogP contribution in [0.25, 0.3) is 0 Å². The zero-order valence-electron chi connectivity index (χ0n) is 14.4. The van der Waals surface area contributed by atoms with Gasteiger partial charge in [0.25, 0.3) is 0 Å². The van der Waals surface area contributed by atoms with Gasteiger partial charge in [0.1, 0.15) is 5.78 Å². The van der Waals surface area contributed by atoms with Crippen molar-refractivity contribution in [2.75, 3.05) is 20.3 Å². The average molecular weight is 370 g/mol. The number of ether oxygens (including phenoxy) is 1. The molecule has 0 saturated heterocycles. The number of carboxylic acid groups (broad SMARTS) is 1. The molecule has 0 aromatic rings. The summed E-state index contributed by atoms with van der Waals surface area (Å²) < 4.78 is 22.3. The van der Waals surface area contributed by atoms with E-state index in [4.69, 9.17) is 20.1 Å². The van der Waals surface area contributed by atoms with E-state index in [2.05, 4.69) is 5.32 Å². The quantitative estimate of drug-likeness (QED) is 0.279. The number of carbonyl (C=O) groups excluding carboxylic acids is 1. The molecule has 144 valence electrons. The molecule has 0 heterocycles. The topological polar surface area (TPSA) is 148 Å². The lowest BCUT2D eigenvalue weighted by Gasteiger charge is -2.28. The molecule has 0 aliphatic carbocycles. The number of nitrogens with one attached hydrogen (secondary N) is 1. The van der Waals surface area contributed by atoms with Crippen molar-refractivity contribution in [3.8, 4) is 0 Å². The van der Waals surface area contributed by atoms with Gasteiger partial charge >= 0.3 is 13.6 Å². The highest BCUT2D eigenvalue weighted by Gasteiger charge is 2.40. The molecule has 0 fully saturated rings. The van der Waals surface area contributed by atoms with Crippen LogP contribution in [0, 0.1) is 5.92 Å². The van der Waals surface area contributed by atoms with Gasteiger partial charge in [-0.2, -0.15) is 0 Å². The Kier molecular flexibility index (Phi) is 11.1. The van der Waals surface area contributed by atoms with Gasteiger partial charge in [-0.1, -0.05) is 13.8 Å². The third kappa shape index (κ3) is 8.75. The summed E-state index contributed by atoms with van der Waals surface area (Å²) in [5, 5.41) is 11.6. The SMILES string of the molecule is COCCC(=O)NC(C(C)C)P(=O)(O)OC(CCCCN)C(=O)O.[HH].